The van der Waals surface area contributed by atoms with Gasteiger partial charge in [0.15, 0.2) is 0 Å². The van der Waals surface area contributed by atoms with Gasteiger partial charge in [0.1, 0.15) is 5.82 Å². The third-order valence-electron chi connectivity index (χ3n) is 3.65. The van der Waals surface area contributed by atoms with E-state index in [-0.39, 0.29) is 17.8 Å². The van der Waals surface area contributed by atoms with Gasteiger partial charge < -0.3 is 5.32 Å². The molecule has 110 valence electrons. The van der Waals surface area contributed by atoms with Crippen LogP contribution in [0.1, 0.15) is 35.1 Å². The van der Waals surface area contributed by atoms with Crippen LogP contribution in [0.15, 0.2) is 29.6 Å². The van der Waals surface area contributed by atoms with E-state index in [0.717, 1.165) is 29.1 Å². The predicted octanol–water partition coefficient (Wildman–Crippen LogP) is 3.40. The summed E-state index contributed by atoms with van der Waals surface area (Å²) < 4.78 is 13.0. The van der Waals surface area contributed by atoms with Gasteiger partial charge in [0, 0.05) is 5.38 Å². The summed E-state index contributed by atoms with van der Waals surface area (Å²) in [6, 6.07) is 6.39. The van der Waals surface area contributed by atoms with Crippen LogP contribution in [0.3, 0.4) is 0 Å². The van der Waals surface area contributed by atoms with Gasteiger partial charge in [0.2, 0.25) is 5.91 Å². The Balaban J connectivity index is 1.67. The zero-order chi connectivity index (χ0) is 14.8. The van der Waals surface area contributed by atoms with Gasteiger partial charge in [-0.15, -0.1) is 11.3 Å². The van der Waals surface area contributed by atoms with Crippen molar-refractivity contribution in [2.24, 2.45) is 5.92 Å². The number of carbonyl (C=O) groups excluding carboxylic acids is 1. The highest BCUT2D eigenvalue weighted by atomic mass is 32.1. The largest absolute Gasteiger partial charge is 0.349 e. The lowest BCUT2D eigenvalue weighted by Gasteiger charge is -2.18. The topological polar surface area (TPSA) is 42.0 Å². The molecular weight excluding hydrogens is 287 g/mol. The molecule has 2 aromatic rings. The number of carbonyl (C=O) groups is 1. The monoisotopic (exact) mass is 304 g/mol. The summed E-state index contributed by atoms with van der Waals surface area (Å²) in [7, 11) is 0. The van der Waals surface area contributed by atoms with Gasteiger partial charge in [-0.05, 0) is 43.4 Å². The molecule has 0 radical (unpaired) electrons. The second-order valence-corrected chi connectivity index (χ2v) is 6.53. The first-order valence-corrected chi connectivity index (χ1v) is 7.95. The Bertz CT molecular complexity index is 634. The van der Waals surface area contributed by atoms with Gasteiger partial charge >= 0.3 is 0 Å². The molecule has 1 atom stereocenters. The van der Waals surface area contributed by atoms with Crippen LogP contribution in [0.25, 0.3) is 0 Å². The highest BCUT2D eigenvalue weighted by Crippen LogP contribution is 2.41. The van der Waals surface area contributed by atoms with Gasteiger partial charge in [-0.3, -0.25) is 4.79 Å². The molecule has 0 spiro atoms. The van der Waals surface area contributed by atoms with Crippen molar-refractivity contribution in [3.8, 4) is 0 Å². The van der Waals surface area contributed by atoms with Crippen LogP contribution in [-0.4, -0.2) is 10.9 Å². The summed E-state index contributed by atoms with van der Waals surface area (Å²) in [5.41, 5.74) is 1.78. The van der Waals surface area contributed by atoms with Crippen molar-refractivity contribution in [3.05, 3.63) is 51.7 Å². The fourth-order valence-corrected chi connectivity index (χ4v) is 3.06. The van der Waals surface area contributed by atoms with Crippen molar-refractivity contribution >= 4 is 17.2 Å². The van der Waals surface area contributed by atoms with Crippen molar-refractivity contribution in [1.82, 2.24) is 10.3 Å². The molecule has 3 rings (SSSR count). The molecule has 0 bridgehead atoms. The van der Waals surface area contributed by atoms with E-state index in [1.807, 2.05) is 12.3 Å². The number of amides is 1. The maximum Gasteiger partial charge on any atom is 0.226 e. The standard InChI is InChI=1S/C16H17FN2OS/c1-10-18-14(9-21-10)8-15(20)19-16(11-2-3-11)12-4-6-13(17)7-5-12/h4-7,9,11,16H,2-3,8H2,1H3,(H,19,20). The molecular formula is C16H17FN2OS. The lowest BCUT2D eigenvalue weighted by Crippen LogP contribution is -2.31. The van der Waals surface area contributed by atoms with Gasteiger partial charge in [-0.25, -0.2) is 9.37 Å². The van der Waals surface area contributed by atoms with Crippen molar-refractivity contribution in [2.75, 3.05) is 0 Å². The predicted molar refractivity (Wildman–Crippen MR) is 80.6 cm³/mol. The molecule has 1 unspecified atom stereocenters. The van der Waals surface area contributed by atoms with Crippen LogP contribution >= 0.6 is 11.3 Å². The number of nitrogens with zero attached hydrogens (tertiary/aromatic N) is 1. The van der Waals surface area contributed by atoms with Crippen LogP contribution in [0, 0.1) is 18.7 Å². The van der Waals surface area contributed by atoms with E-state index >= 15 is 0 Å². The normalized spacial score (nSPS) is 15.7. The lowest BCUT2D eigenvalue weighted by atomic mass is 10.0. The van der Waals surface area contributed by atoms with E-state index in [0.29, 0.717) is 12.3 Å². The van der Waals surface area contributed by atoms with Gasteiger partial charge in [-0.2, -0.15) is 0 Å². The number of aryl methyl sites for hydroxylation is 1. The fourth-order valence-electron chi connectivity index (χ4n) is 2.45. The maximum atomic E-state index is 13.0. The number of hydrogen-bond acceptors (Lipinski definition) is 3. The summed E-state index contributed by atoms with van der Waals surface area (Å²) in [6.45, 7) is 1.93. The minimum Gasteiger partial charge on any atom is -0.349 e. The molecule has 1 aromatic heterocycles. The number of thiazole rings is 1. The Labute approximate surface area is 127 Å². The molecule has 3 nitrogen and oxygen atoms in total. The maximum absolute atomic E-state index is 13.0. The number of rotatable bonds is 5. The number of hydrogen-bond donors (Lipinski definition) is 1. The highest BCUT2D eigenvalue weighted by molar-refractivity contribution is 7.09. The minimum absolute atomic E-state index is 0.0159. The molecule has 0 saturated heterocycles. The first-order valence-electron chi connectivity index (χ1n) is 7.07. The number of aromatic nitrogens is 1. The van der Waals surface area contributed by atoms with Crippen molar-refractivity contribution < 1.29 is 9.18 Å². The van der Waals surface area contributed by atoms with Gasteiger partial charge in [0.05, 0.1) is 23.2 Å². The summed E-state index contributed by atoms with van der Waals surface area (Å²) in [4.78, 5) is 16.5. The molecule has 1 aliphatic carbocycles. The van der Waals surface area contributed by atoms with E-state index in [1.165, 1.54) is 12.1 Å². The van der Waals surface area contributed by atoms with Crippen molar-refractivity contribution in [3.63, 3.8) is 0 Å². The molecule has 1 saturated carbocycles. The molecule has 5 heteroatoms. The molecule has 0 aliphatic heterocycles. The van der Waals surface area contributed by atoms with Crippen molar-refractivity contribution in [2.45, 2.75) is 32.2 Å². The number of halogens is 1. The SMILES string of the molecule is Cc1nc(CC(=O)NC(c2ccc(F)cc2)C2CC2)cs1. The van der Waals surface area contributed by atoms with E-state index in [4.69, 9.17) is 0 Å². The summed E-state index contributed by atoms with van der Waals surface area (Å²) in [5.74, 6) is 0.190. The lowest BCUT2D eigenvalue weighted by molar-refractivity contribution is -0.121. The minimum atomic E-state index is -0.252. The van der Waals surface area contributed by atoms with E-state index in [2.05, 4.69) is 10.3 Å². The molecule has 1 aliphatic rings. The Hall–Kier alpha value is -1.75. The molecule has 21 heavy (non-hydrogen) atoms. The first-order chi connectivity index (χ1) is 10.1. The van der Waals surface area contributed by atoms with Crippen LogP contribution < -0.4 is 5.32 Å². The quantitative estimate of drug-likeness (QED) is 0.920. The smallest absolute Gasteiger partial charge is 0.226 e. The Morgan fingerprint density at radius 1 is 1.43 bits per heavy atom. The highest BCUT2D eigenvalue weighted by Gasteiger charge is 2.33. The molecule has 1 aromatic carbocycles. The summed E-state index contributed by atoms with van der Waals surface area (Å²) in [5, 5.41) is 5.96. The van der Waals surface area contributed by atoms with Crippen LogP contribution in [-0.2, 0) is 11.2 Å². The Kier molecular flexibility index (Phi) is 4.01. The Morgan fingerprint density at radius 3 is 2.71 bits per heavy atom. The van der Waals surface area contributed by atoms with Crippen LogP contribution in [0.5, 0.6) is 0 Å². The zero-order valence-corrected chi connectivity index (χ0v) is 12.6. The second-order valence-electron chi connectivity index (χ2n) is 5.47. The second kappa shape index (κ2) is 5.93. The fraction of sp³-hybridized carbons (Fsp3) is 0.375. The molecule has 1 amide bonds. The van der Waals surface area contributed by atoms with E-state index in [9.17, 15) is 9.18 Å². The third kappa shape index (κ3) is 3.67. The third-order valence-corrected chi connectivity index (χ3v) is 4.47. The van der Waals surface area contributed by atoms with Crippen LogP contribution in [0.4, 0.5) is 4.39 Å². The molecule has 1 heterocycles. The average Bonchev–Trinajstić information content (AvgIpc) is 3.21. The number of benzene rings is 1. The summed E-state index contributed by atoms with van der Waals surface area (Å²) >= 11 is 1.55. The summed E-state index contributed by atoms with van der Waals surface area (Å²) in [6.07, 6.45) is 2.52. The molecule has 1 fully saturated rings. The van der Waals surface area contributed by atoms with E-state index in [1.54, 1.807) is 23.5 Å². The van der Waals surface area contributed by atoms with Crippen molar-refractivity contribution in [1.29, 1.82) is 0 Å². The zero-order valence-electron chi connectivity index (χ0n) is 11.8. The number of nitrogens with one attached hydrogen (secondary N) is 1. The van der Waals surface area contributed by atoms with Gasteiger partial charge in [-0.1, -0.05) is 12.1 Å². The van der Waals surface area contributed by atoms with E-state index < -0.39 is 0 Å². The first kappa shape index (κ1) is 14.2. The average molecular weight is 304 g/mol. The molecule has 1 N–H and O–H groups in total. The van der Waals surface area contributed by atoms with Gasteiger partial charge in [0.25, 0.3) is 0 Å². The Morgan fingerprint density at radius 2 is 2.14 bits per heavy atom. The van der Waals surface area contributed by atoms with Crippen LogP contribution in [0.2, 0.25) is 0 Å².